The van der Waals surface area contributed by atoms with E-state index in [9.17, 15) is 4.39 Å². The maximum Gasteiger partial charge on any atom is 0.117 e. The molecule has 0 saturated carbocycles. The van der Waals surface area contributed by atoms with Crippen LogP contribution in [0, 0.1) is 12.8 Å². The van der Waals surface area contributed by atoms with E-state index in [0.29, 0.717) is 0 Å². The molecular formula is C14H19FN2. The predicted molar refractivity (Wildman–Crippen MR) is 70.5 cm³/mol. The van der Waals surface area contributed by atoms with Gasteiger partial charge in [0.05, 0.1) is 11.9 Å². The van der Waals surface area contributed by atoms with Crippen molar-refractivity contribution < 1.29 is 4.39 Å². The average Bonchev–Trinajstić information content (AvgIpc) is 2.24. The number of rotatable bonds is 4. The van der Waals surface area contributed by atoms with Crippen LogP contribution < -0.4 is 4.90 Å². The van der Waals surface area contributed by atoms with Crippen molar-refractivity contribution in [1.29, 1.82) is 0 Å². The monoisotopic (exact) mass is 234 g/mol. The van der Waals surface area contributed by atoms with Gasteiger partial charge in [-0.15, -0.1) is 0 Å². The molecule has 0 aliphatic carbocycles. The lowest BCUT2D eigenvalue weighted by Gasteiger charge is -2.25. The van der Waals surface area contributed by atoms with E-state index >= 15 is 0 Å². The largest absolute Gasteiger partial charge is 0.347 e. The van der Waals surface area contributed by atoms with Gasteiger partial charge < -0.3 is 4.90 Å². The van der Waals surface area contributed by atoms with E-state index in [4.69, 9.17) is 0 Å². The van der Waals surface area contributed by atoms with Crippen LogP contribution >= 0.6 is 0 Å². The Labute approximate surface area is 102 Å². The molecule has 0 unspecified atom stereocenters. The first-order chi connectivity index (χ1) is 7.91. The molecule has 0 amide bonds. The first-order valence-electron chi connectivity index (χ1n) is 5.63. The van der Waals surface area contributed by atoms with Gasteiger partial charge in [-0.2, -0.15) is 0 Å². The van der Waals surface area contributed by atoms with Gasteiger partial charge in [-0.3, -0.25) is 4.98 Å². The van der Waals surface area contributed by atoms with Gasteiger partial charge in [0.2, 0.25) is 0 Å². The van der Waals surface area contributed by atoms with E-state index < -0.39 is 5.83 Å². The van der Waals surface area contributed by atoms with E-state index in [0.717, 1.165) is 16.9 Å². The Balaban J connectivity index is 3.08. The third kappa shape index (κ3) is 3.70. The fraction of sp³-hybridized carbons (Fsp3) is 0.357. The fourth-order valence-corrected chi connectivity index (χ4v) is 1.68. The van der Waals surface area contributed by atoms with Crippen LogP contribution in [0.4, 0.5) is 10.1 Å². The summed E-state index contributed by atoms with van der Waals surface area (Å²) in [5, 5.41) is 0. The SMILES string of the molecule is C=C(F)/C=C(/C(C)C)N(C)c1cncc(C)c1. The molecular weight excluding hydrogens is 215 g/mol. The number of aromatic nitrogens is 1. The summed E-state index contributed by atoms with van der Waals surface area (Å²) in [6, 6.07) is 2.02. The number of anilines is 1. The van der Waals surface area contributed by atoms with Crippen LogP contribution in [0.2, 0.25) is 0 Å². The maximum atomic E-state index is 13.0. The summed E-state index contributed by atoms with van der Waals surface area (Å²) in [6.07, 6.45) is 5.03. The number of nitrogens with zero attached hydrogens (tertiary/aromatic N) is 2. The molecule has 92 valence electrons. The highest BCUT2D eigenvalue weighted by Gasteiger charge is 2.11. The molecule has 0 saturated heterocycles. The number of hydrogen-bond acceptors (Lipinski definition) is 2. The normalized spacial score (nSPS) is 11.8. The summed E-state index contributed by atoms with van der Waals surface area (Å²) >= 11 is 0. The molecule has 17 heavy (non-hydrogen) atoms. The Morgan fingerprint density at radius 3 is 2.59 bits per heavy atom. The number of pyridine rings is 1. The minimum atomic E-state index is -0.429. The summed E-state index contributed by atoms with van der Waals surface area (Å²) < 4.78 is 13.0. The van der Waals surface area contributed by atoms with Crippen molar-refractivity contribution in [2.45, 2.75) is 20.8 Å². The summed E-state index contributed by atoms with van der Waals surface area (Å²) in [4.78, 5) is 6.08. The Morgan fingerprint density at radius 2 is 2.12 bits per heavy atom. The van der Waals surface area contributed by atoms with E-state index in [1.165, 1.54) is 6.08 Å². The standard InChI is InChI=1S/C14H19FN2/c1-10(2)14(7-12(4)15)17(5)13-6-11(3)8-16-9-13/h6-10H,4H2,1-3,5H3/b14-7-. The maximum absolute atomic E-state index is 13.0. The third-order valence-electron chi connectivity index (χ3n) is 2.53. The lowest BCUT2D eigenvalue weighted by Crippen LogP contribution is -2.20. The van der Waals surface area contributed by atoms with Crippen molar-refractivity contribution in [2.75, 3.05) is 11.9 Å². The minimum Gasteiger partial charge on any atom is -0.347 e. The van der Waals surface area contributed by atoms with Gasteiger partial charge in [0.1, 0.15) is 5.83 Å². The molecule has 0 aromatic carbocycles. The molecule has 0 radical (unpaired) electrons. The van der Waals surface area contributed by atoms with Gasteiger partial charge >= 0.3 is 0 Å². The molecule has 1 aromatic rings. The Bertz CT molecular complexity index is 436. The first-order valence-corrected chi connectivity index (χ1v) is 5.63. The van der Waals surface area contributed by atoms with Crippen LogP contribution in [0.3, 0.4) is 0 Å². The quantitative estimate of drug-likeness (QED) is 0.736. The number of hydrogen-bond donors (Lipinski definition) is 0. The van der Waals surface area contributed by atoms with Gasteiger partial charge in [0.25, 0.3) is 0 Å². The average molecular weight is 234 g/mol. The van der Waals surface area contributed by atoms with E-state index in [-0.39, 0.29) is 5.92 Å². The molecule has 1 aromatic heterocycles. The fourth-order valence-electron chi connectivity index (χ4n) is 1.68. The lowest BCUT2D eigenvalue weighted by molar-refractivity contribution is 0.656. The first kappa shape index (κ1) is 13.4. The highest BCUT2D eigenvalue weighted by molar-refractivity contribution is 5.51. The van der Waals surface area contributed by atoms with Crippen LogP contribution in [-0.4, -0.2) is 12.0 Å². The zero-order chi connectivity index (χ0) is 13.0. The number of allylic oxidation sites excluding steroid dienone is 3. The van der Waals surface area contributed by atoms with Gasteiger partial charge in [0.15, 0.2) is 0 Å². The number of aryl methyl sites for hydroxylation is 1. The molecule has 0 N–H and O–H groups in total. The molecule has 2 nitrogen and oxygen atoms in total. The van der Waals surface area contributed by atoms with Crippen LogP contribution in [-0.2, 0) is 0 Å². The molecule has 1 rings (SSSR count). The summed E-state index contributed by atoms with van der Waals surface area (Å²) in [7, 11) is 1.91. The second kappa shape index (κ2) is 5.62. The Hall–Kier alpha value is -1.64. The highest BCUT2D eigenvalue weighted by Crippen LogP contribution is 2.23. The van der Waals surface area contributed by atoms with Crippen LogP contribution in [0.25, 0.3) is 0 Å². The van der Waals surface area contributed by atoms with Gasteiger partial charge in [-0.05, 0) is 30.5 Å². The second-order valence-corrected chi connectivity index (χ2v) is 4.45. The second-order valence-electron chi connectivity index (χ2n) is 4.45. The zero-order valence-corrected chi connectivity index (χ0v) is 10.9. The van der Waals surface area contributed by atoms with Crippen LogP contribution in [0.1, 0.15) is 19.4 Å². The molecule has 0 spiro atoms. The smallest absolute Gasteiger partial charge is 0.117 e. The van der Waals surface area contributed by atoms with Crippen LogP contribution in [0.15, 0.2) is 42.6 Å². The van der Waals surface area contributed by atoms with Gasteiger partial charge in [-0.25, -0.2) is 4.39 Å². The van der Waals surface area contributed by atoms with Crippen molar-refractivity contribution in [2.24, 2.45) is 5.92 Å². The third-order valence-corrected chi connectivity index (χ3v) is 2.53. The van der Waals surface area contributed by atoms with Crippen molar-refractivity contribution in [3.05, 3.63) is 48.2 Å². The lowest BCUT2D eigenvalue weighted by atomic mass is 10.1. The van der Waals surface area contributed by atoms with Crippen molar-refractivity contribution >= 4 is 5.69 Å². The van der Waals surface area contributed by atoms with Crippen molar-refractivity contribution in [3.8, 4) is 0 Å². The number of halogens is 1. The summed E-state index contributed by atoms with van der Waals surface area (Å²) in [6.45, 7) is 9.31. The van der Waals surface area contributed by atoms with Crippen LogP contribution in [0.5, 0.6) is 0 Å². The highest BCUT2D eigenvalue weighted by atomic mass is 19.1. The molecule has 0 bridgehead atoms. The Kier molecular flexibility index (Phi) is 4.44. The molecule has 0 atom stereocenters. The Morgan fingerprint density at radius 1 is 1.47 bits per heavy atom. The van der Waals surface area contributed by atoms with E-state index in [1.807, 2.05) is 38.8 Å². The zero-order valence-electron chi connectivity index (χ0n) is 10.9. The van der Waals surface area contributed by atoms with E-state index in [2.05, 4.69) is 11.6 Å². The summed E-state index contributed by atoms with van der Waals surface area (Å²) in [5.74, 6) is -0.214. The molecule has 1 heterocycles. The minimum absolute atomic E-state index is 0.216. The molecule has 0 aliphatic heterocycles. The molecule has 0 aliphatic rings. The summed E-state index contributed by atoms with van der Waals surface area (Å²) in [5.41, 5.74) is 2.91. The van der Waals surface area contributed by atoms with Crippen molar-refractivity contribution in [1.82, 2.24) is 4.98 Å². The molecule has 3 heteroatoms. The van der Waals surface area contributed by atoms with E-state index in [1.54, 1.807) is 12.4 Å². The van der Waals surface area contributed by atoms with Gasteiger partial charge in [-0.1, -0.05) is 20.4 Å². The predicted octanol–water partition coefficient (Wildman–Crippen LogP) is 3.85. The van der Waals surface area contributed by atoms with Crippen molar-refractivity contribution in [3.63, 3.8) is 0 Å². The molecule has 0 fully saturated rings. The topological polar surface area (TPSA) is 16.1 Å². The van der Waals surface area contributed by atoms with Gasteiger partial charge in [0, 0.05) is 18.9 Å².